The van der Waals surface area contributed by atoms with Crippen LogP contribution in [0, 0.1) is 6.92 Å². The van der Waals surface area contributed by atoms with Gasteiger partial charge in [-0.3, -0.25) is 9.48 Å². The van der Waals surface area contributed by atoms with Crippen molar-refractivity contribution >= 4 is 29.3 Å². The van der Waals surface area contributed by atoms with Gasteiger partial charge in [-0.15, -0.1) is 0 Å². The molecule has 0 spiro atoms. The summed E-state index contributed by atoms with van der Waals surface area (Å²) >= 11 is 6.41. The lowest BCUT2D eigenvalue weighted by Gasteiger charge is -2.09. The van der Waals surface area contributed by atoms with Crippen molar-refractivity contribution in [2.75, 3.05) is 5.32 Å². The van der Waals surface area contributed by atoms with E-state index >= 15 is 0 Å². The summed E-state index contributed by atoms with van der Waals surface area (Å²) in [5.74, 6) is -0.244. The highest BCUT2D eigenvalue weighted by molar-refractivity contribution is 6.31. The minimum absolute atomic E-state index is 0.244. The number of carbonyl (C=O) groups excluding carboxylic acids is 1. The van der Waals surface area contributed by atoms with Crippen LogP contribution in [0.2, 0.25) is 5.15 Å². The van der Waals surface area contributed by atoms with Gasteiger partial charge in [0.25, 0.3) is 0 Å². The third-order valence-corrected chi connectivity index (χ3v) is 4.55. The lowest BCUT2D eigenvalue weighted by molar-refractivity contribution is -0.111. The molecule has 0 atom stereocenters. The number of amides is 1. The topological polar surface area (TPSA) is 64.7 Å². The fourth-order valence-corrected chi connectivity index (χ4v) is 3.06. The number of nitrogens with zero attached hydrogens (tertiary/aromatic N) is 4. The van der Waals surface area contributed by atoms with Crippen LogP contribution >= 0.6 is 11.6 Å². The van der Waals surface area contributed by atoms with Crippen molar-refractivity contribution in [3.8, 4) is 5.69 Å². The molecule has 0 aliphatic rings. The molecule has 0 saturated heterocycles. The number of aromatic nitrogens is 4. The van der Waals surface area contributed by atoms with Crippen molar-refractivity contribution < 1.29 is 4.79 Å². The minimum atomic E-state index is -0.244. The number of para-hydroxylation sites is 2. The average Bonchev–Trinajstić information content (AvgIpc) is 3.28. The maximum atomic E-state index is 12.4. The summed E-state index contributed by atoms with van der Waals surface area (Å²) in [5.41, 5.74) is 3.04. The number of benzene rings is 1. The van der Waals surface area contributed by atoms with Gasteiger partial charge in [0, 0.05) is 30.6 Å². The maximum Gasteiger partial charge on any atom is 0.248 e. The Balaban J connectivity index is 1.75. The molecule has 0 aliphatic heterocycles. The quantitative estimate of drug-likeness (QED) is 0.611. The highest BCUT2D eigenvalue weighted by Gasteiger charge is 2.11. The first-order valence-electron chi connectivity index (χ1n) is 8.91. The van der Waals surface area contributed by atoms with Crippen LogP contribution in [-0.2, 0) is 11.3 Å². The highest BCUT2D eigenvalue weighted by Crippen LogP contribution is 2.22. The maximum absolute atomic E-state index is 12.4. The van der Waals surface area contributed by atoms with Crippen molar-refractivity contribution in [3.05, 3.63) is 65.2 Å². The lowest BCUT2D eigenvalue weighted by Crippen LogP contribution is -2.10. The molecule has 27 heavy (non-hydrogen) atoms. The molecule has 6 nitrogen and oxygen atoms in total. The molecule has 2 aromatic heterocycles. The van der Waals surface area contributed by atoms with E-state index in [0.717, 1.165) is 36.3 Å². The van der Waals surface area contributed by atoms with E-state index in [0.29, 0.717) is 10.8 Å². The van der Waals surface area contributed by atoms with Gasteiger partial charge in [0.15, 0.2) is 0 Å². The van der Waals surface area contributed by atoms with Crippen molar-refractivity contribution in [2.45, 2.75) is 33.2 Å². The number of halogens is 1. The number of anilines is 1. The van der Waals surface area contributed by atoms with Crippen LogP contribution in [0.15, 0.2) is 48.8 Å². The van der Waals surface area contributed by atoms with Gasteiger partial charge in [0.2, 0.25) is 5.91 Å². The second kappa shape index (κ2) is 8.68. The fraction of sp³-hybridized carbons (Fsp3) is 0.250. The van der Waals surface area contributed by atoms with Crippen LogP contribution < -0.4 is 5.32 Å². The molecule has 3 aromatic rings. The zero-order valence-corrected chi connectivity index (χ0v) is 16.1. The second-order valence-electron chi connectivity index (χ2n) is 6.16. The van der Waals surface area contributed by atoms with Crippen LogP contribution in [0.4, 0.5) is 5.69 Å². The summed E-state index contributed by atoms with van der Waals surface area (Å²) < 4.78 is 3.49. The normalized spacial score (nSPS) is 11.2. The van der Waals surface area contributed by atoms with Crippen molar-refractivity contribution in [1.29, 1.82) is 0 Å². The van der Waals surface area contributed by atoms with E-state index in [4.69, 9.17) is 11.6 Å². The van der Waals surface area contributed by atoms with Gasteiger partial charge in [-0.1, -0.05) is 37.1 Å². The molecule has 0 radical (unpaired) electrons. The molecule has 0 fully saturated rings. The molecule has 0 aliphatic carbocycles. The Morgan fingerprint density at radius 3 is 2.85 bits per heavy atom. The fourth-order valence-electron chi connectivity index (χ4n) is 2.74. The van der Waals surface area contributed by atoms with Gasteiger partial charge in [-0.25, -0.2) is 4.68 Å². The Kier molecular flexibility index (Phi) is 6.08. The van der Waals surface area contributed by atoms with E-state index < -0.39 is 0 Å². The van der Waals surface area contributed by atoms with E-state index in [1.807, 2.05) is 43.5 Å². The van der Waals surface area contributed by atoms with Gasteiger partial charge >= 0.3 is 0 Å². The molecule has 2 heterocycles. The Bertz CT molecular complexity index is 943. The number of unbranched alkanes of at least 4 members (excludes halogenated alkanes) is 1. The van der Waals surface area contributed by atoms with E-state index in [9.17, 15) is 4.79 Å². The van der Waals surface area contributed by atoms with Crippen LogP contribution in [-0.4, -0.2) is 25.5 Å². The number of hydrogen-bond acceptors (Lipinski definition) is 3. The molecule has 7 heteroatoms. The first kappa shape index (κ1) is 18.9. The summed E-state index contributed by atoms with van der Waals surface area (Å²) in [5, 5.41) is 12.1. The van der Waals surface area contributed by atoms with Crippen LogP contribution in [0.25, 0.3) is 11.8 Å². The number of aryl methyl sites for hydroxylation is 2. The third kappa shape index (κ3) is 4.46. The number of nitrogens with one attached hydrogen (secondary N) is 1. The molecule has 0 unspecified atom stereocenters. The van der Waals surface area contributed by atoms with Crippen molar-refractivity contribution in [2.24, 2.45) is 0 Å². The van der Waals surface area contributed by atoms with Gasteiger partial charge in [-0.2, -0.15) is 10.2 Å². The van der Waals surface area contributed by atoms with Gasteiger partial charge in [-0.05, 0) is 37.6 Å². The summed E-state index contributed by atoms with van der Waals surface area (Å²) in [7, 11) is 0. The third-order valence-electron chi connectivity index (χ3n) is 4.15. The van der Waals surface area contributed by atoms with E-state index in [1.165, 1.54) is 6.08 Å². The standard InChI is InChI=1S/C20H22ClN5O/c1-3-4-13-26-20(21)16(15(2)24-26)10-11-19(27)23-17-8-5-6-9-18(17)25-14-7-12-22-25/h5-12,14H,3-4,13H2,1-2H3,(H,23,27). The SMILES string of the molecule is CCCCn1nc(C)c(C=CC(=O)Nc2ccccc2-n2cccn2)c1Cl. The molecule has 1 N–H and O–H groups in total. The predicted octanol–water partition coefficient (Wildman–Crippen LogP) is 4.48. The van der Waals surface area contributed by atoms with Gasteiger partial charge < -0.3 is 5.32 Å². The van der Waals surface area contributed by atoms with Crippen molar-refractivity contribution in [1.82, 2.24) is 19.6 Å². The first-order chi connectivity index (χ1) is 13.1. The molecular formula is C20H22ClN5O. The number of carbonyl (C=O) groups is 1. The molecule has 140 valence electrons. The molecular weight excluding hydrogens is 362 g/mol. The van der Waals surface area contributed by atoms with Crippen LogP contribution in [0.1, 0.15) is 31.0 Å². The second-order valence-corrected chi connectivity index (χ2v) is 6.51. The zero-order valence-electron chi connectivity index (χ0n) is 15.4. The van der Waals surface area contributed by atoms with Crippen LogP contribution in [0.5, 0.6) is 0 Å². The Labute approximate surface area is 163 Å². The molecule has 1 amide bonds. The number of rotatable bonds is 7. The summed E-state index contributed by atoms with van der Waals surface area (Å²) in [4.78, 5) is 12.4. The lowest BCUT2D eigenvalue weighted by atomic mass is 10.2. The summed E-state index contributed by atoms with van der Waals surface area (Å²) in [6.07, 6.45) is 8.78. The van der Waals surface area contributed by atoms with E-state index in [-0.39, 0.29) is 5.91 Å². The molecule has 3 rings (SSSR count). The smallest absolute Gasteiger partial charge is 0.248 e. The van der Waals surface area contributed by atoms with E-state index in [2.05, 4.69) is 22.4 Å². The molecule has 0 bridgehead atoms. The Hall–Kier alpha value is -2.86. The summed E-state index contributed by atoms with van der Waals surface area (Å²) in [6, 6.07) is 9.33. The van der Waals surface area contributed by atoms with Gasteiger partial charge in [0.05, 0.1) is 17.1 Å². The van der Waals surface area contributed by atoms with Crippen molar-refractivity contribution in [3.63, 3.8) is 0 Å². The monoisotopic (exact) mass is 383 g/mol. The molecule has 0 saturated carbocycles. The summed E-state index contributed by atoms with van der Waals surface area (Å²) in [6.45, 7) is 4.78. The average molecular weight is 384 g/mol. The highest BCUT2D eigenvalue weighted by atomic mass is 35.5. The Morgan fingerprint density at radius 2 is 2.11 bits per heavy atom. The molecule has 1 aromatic carbocycles. The number of hydrogen-bond donors (Lipinski definition) is 1. The van der Waals surface area contributed by atoms with Crippen LogP contribution in [0.3, 0.4) is 0 Å². The zero-order chi connectivity index (χ0) is 19.2. The minimum Gasteiger partial charge on any atom is -0.321 e. The predicted molar refractivity (Wildman–Crippen MR) is 108 cm³/mol. The largest absolute Gasteiger partial charge is 0.321 e. The van der Waals surface area contributed by atoms with E-state index in [1.54, 1.807) is 21.6 Å². The first-order valence-corrected chi connectivity index (χ1v) is 9.29. The van der Waals surface area contributed by atoms with Gasteiger partial charge in [0.1, 0.15) is 5.15 Å². The Morgan fingerprint density at radius 1 is 1.30 bits per heavy atom.